The van der Waals surface area contributed by atoms with Crippen molar-refractivity contribution in [1.29, 1.82) is 0 Å². The maximum Gasteiger partial charge on any atom is 0.243 e. The van der Waals surface area contributed by atoms with E-state index in [0.29, 0.717) is 5.56 Å². The maximum atomic E-state index is 13.5. The lowest BCUT2D eigenvalue weighted by Crippen LogP contribution is -2.44. The minimum Gasteiger partial charge on any atom is -0.329 e. The average molecular weight is 314 g/mol. The first-order valence-electron chi connectivity index (χ1n) is 7.45. The second-order valence-corrected chi connectivity index (χ2v) is 7.47. The van der Waals surface area contributed by atoms with Crippen molar-refractivity contribution in [2.24, 2.45) is 5.73 Å². The Hall–Kier alpha value is -0.980. The van der Waals surface area contributed by atoms with E-state index in [0.717, 1.165) is 38.2 Å². The Labute approximate surface area is 126 Å². The van der Waals surface area contributed by atoms with Crippen LogP contribution in [-0.2, 0) is 10.0 Å². The van der Waals surface area contributed by atoms with Crippen molar-refractivity contribution in [2.45, 2.75) is 50.0 Å². The molecule has 1 aromatic carbocycles. The fraction of sp³-hybridized carbons (Fsp3) is 0.600. The summed E-state index contributed by atoms with van der Waals surface area (Å²) in [5.41, 5.74) is 6.16. The molecule has 0 spiro atoms. The maximum absolute atomic E-state index is 13.5. The van der Waals surface area contributed by atoms with E-state index in [9.17, 15) is 12.8 Å². The molecule has 0 aliphatic heterocycles. The highest BCUT2D eigenvalue weighted by atomic mass is 32.2. The molecule has 1 aliphatic rings. The lowest BCUT2D eigenvalue weighted by atomic mass is 9.95. The van der Waals surface area contributed by atoms with Gasteiger partial charge >= 0.3 is 0 Å². The van der Waals surface area contributed by atoms with Crippen LogP contribution in [0, 0.1) is 12.7 Å². The average Bonchev–Trinajstić information content (AvgIpc) is 2.48. The summed E-state index contributed by atoms with van der Waals surface area (Å²) in [4.78, 5) is 0.0570. The summed E-state index contributed by atoms with van der Waals surface area (Å²) < 4.78 is 40.7. The van der Waals surface area contributed by atoms with E-state index in [1.165, 1.54) is 16.4 Å². The van der Waals surface area contributed by atoms with Crippen LogP contribution in [0.4, 0.5) is 4.39 Å². The predicted molar refractivity (Wildman–Crippen MR) is 81.0 cm³/mol. The Morgan fingerprint density at radius 1 is 1.29 bits per heavy atom. The van der Waals surface area contributed by atoms with E-state index in [1.807, 2.05) is 0 Å². The van der Waals surface area contributed by atoms with E-state index in [4.69, 9.17) is 5.73 Å². The summed E-state index contributed by atoms with van der Waals surface area (Å²) in [7, 11) is -3.70. The van der Waals surface area contributed by atoms with Crippen LogP contribution in [0.3, 0.4) is 0 Å². The summed E-state index contributed by atoms with van der Waals surface area (Å²) >= 11 is 0. The highest BCUT2D eigenvalue weighted by Gasteiger charge is 2.32. The zero-order chi connectivity index (χ0) is 15.5. The molecule has 0 heterocycles. The Kier molecular flexibility index (Phi) is 5.35. The molecule has 0 amide bonds. The Morgan fingerprint density at radius 2 is 1.95 bits per heavy atom. The van der Waals surface area contributed by atoms with Gasteiger partial charge < -0.3 is 5.73 Å². The molecule has 1 aliphatic carbocycles. The Morgan fingerprint density at radius 3 is 2.57 bits per heavy atom. The van der Waals surface area contributed by atoms with E-state index in [1.54, 1.807) is 6.92 Å². The van der Waals surface area contributed by atoms with Crippen molar-refractivity contribution in [3.63, 3.8) is 0 Å². The molecule has 2 rings (SSSR count). The third-order valence-corrected chi connectivity index (χ3v) is 6.16. The molecule has 0 radical (unpaired) electrons. The summed E-state index contributed by atoms with van der Waals surface area (Å²) in [6.45, 7) is 2.24. The van der Waals surface area contributed by atoms with Crippen molar-refractivity contribution >= 4 is 10.0 Å². The van der Waals surface area contributed by atoms with Gasteiger partial charge in [0, 0.05) is 19.1 Å². The van der Waals surface area contributed by atoms with Crippen LogP contribution in [0.5, 0.6) is 0 Å². The fourth-order valence-electron chi connectivity index (χ4n) is 2.97. The quantitative estimate of drug-likeness (QED) is 0.908. The summed E-state index contributed by atoms with van der Waals surface area (Å²) in [6.07, 6.45) is 4.92. The Balaban J connectivity index is 2.39. The highest BCUT2D eigenvalue weighted by molar-refractivity contribution is 7.89. The number of nitrogens with two attached hydrogens (primary N) is 1. The molecule has 0 unspecified atom stereocenters. The third kappa shape index (κ3) is 3.62. The normalized spacial score (nSPS) is 17.3. The van der Waals surface area contributed by atoms with Gasteiger partial charge in [0.05, 0.1) is 4.90 Å². The zero-order valence-electron chi connectivity index (χ0n) is 12.4. The minimum absolute atomic E-state index is 0.0185. The van der Waals surface area contributed by atoms with Gasteiger partial charge in [0.2, 0.25) is 10.0 Å². The van der Waals surface area contributed by atoms with E-state index < -0.39 is 15.8 Å². The van der Waals surface area contributed by atoms with Gasteiger partial charge in [-0.05, 0) is 37.5 Å². The lowest BCUT2D eigenvalue weighted by molar-refractivity contribution is 0.257. The van der Waals surface area contributed by atoms with Crippen LogP contribution in [0.1, 0.15) is 37.7 Å². The van der Waals surface area contributed by atoms with Gasteiger partial charge in [0.15, 0.2) is 0 Å². The van der Waals surface area contributed by atoms with Gasteiger partial charge in [-0.3, -0.25) is 0 Å². The number of nitrogens with zero attached hydrogens (tertiary/aromatic N) is 1. The number of hydrogen-bond acceptors (Lipinski definition) is 3. The third-order valence-electron chi connectivity index (χ3n) is 4.07. The molecule has 1 saturated carbocycles. The Bertz CT molecular complexity index is 583. The molecule has 0 atom stereocenters. The smallest absolute Gasteiger partial charge is 0.243 e. The first kappa shape index (κ1) is 16.4. The van der Waals surface area contributed by atoms with Gasteiger partial charge in [-0.25, -0.2) is 12.8 Å². The van der Waals surface area contributed by atoms with E-state index in [-0.39, 0.29) is 24.0 Å². The number of benzene rings is 1. The number of halogens is 1. The van der Waals surface area contributed by atoms with Crippen molar-refractivity contribution in [3.8, 4) is 0 Å². The summed E-state index contributed by atoms with van der Waals surface area (Å²) in [6, 6.07) is 3.87. The first-order valence-corrected chi connectivity index (χ1v) is 8.89. The van der Waals surface area contributed by atoms with Crippen LogP contribution in [0.15, 0.2) is 23.1 Å². The number of aryl methyl sites for hydroxylation is 1. The van der Waals surface area contributed by atoms with Crippen molar-refractivity contribution in [3.05, 3.63) is 29.6 Å². The highest BCUT2D eigenvalue weighted by Crippen LogP contribution is 2.29. The van der Waals surface area contributed by atoms with Gasteiger partial charge in [0.25, 0.3) is 0 Å². The topological polar surface area (TPSA) is 63.4 Å². The molecule has 118 valence electrons. The van der Waals surface area contributed by atoms with Gasteiger partial charge in [-0.1, -0.05) is 25.3 Å². The molecule has 0 saturated heterocycles. The van der Waals surface area contributed by atoms with Crippen molar-refractivity contribution < 1.29 is 12.8 Å². The summed E-state index contributed by atoms with van der Waals surface area (Å²) in [5.74, 6) is -0.532. The molecule has 0 bridgehead atoms. The molecule has 2 N–H and O–H groups in total. The largest absolute Gasteiger partial charge is 0.329 e. The van der Waals surface area contributed by atoms with E-state index >= 15 is 0 Å². The molecular formula is C15H23FN2O2S. The fourth-order valence-corrected chi connectivity index (χ4v) is 4.91. The van der Waals surface area contributed by atoms with Crippen molar-refractivity contribution in [2.75, 3.05) is 13.1 Å². The molecule has 4 nitrogen and oxygen atoms in total. The number of rotatable bonds is 5. The van der Waals surface area contributed by atoms with Crippen LogP contribution in [-0.4, -0.2) is 31.9 Å². The minimum atomic E-state index is -3.70. The number of hydrogen-bond donors (Lipinski definition) is 1. The van der Waals surface area contributed by atoms with Crippen LogP contribution in [0.2, 0.25) is 0 Å². The van der Waals surface area contributed by atoms with Gasteiger partial charge in [-0.15, -0.1) is 0 Å². The van der Waals surface area contributed by atoms with Gasteiger partial charge in [-0.2, -0.15) is 4.31 Å². The molecule has 6 heteroatoms. The second kappa shape index (κ2) is 6.85. The SMILES string of the molecule is Cc1ccc(F)cc1S(=O)(=O)N(CCN)C1CCCCC1. The zero-order valence-corrected chi connectivity index (χ0v) is 13.2. The monoisotopic (exact) mass is 314 g/mol. The van der Waals surface area contributed by atoms with Gasteiger partial charge in [0.1, 0.15) is 5.82 Å². The molecule has 21 heavy (non-hydrogen) atoms. The van der Waals surface area contributed by atoms with Crippen LogP contribution >= 0.6 is 0 Å². The first-order chi connectivity index (χ1) is 9.96. The second-order valence-electron chi connectivity index (χ2n) is 5.61. The lowest BCUT2D eigenvalue weighted by Gasteiger charge is -2.33. The molecule has 1 aromatic rings. The van der Waals surface area contributed by atoms with Crippen LogP contribution < -0.4 is 5.73 Å². The van der Waals surface area contributed by atoms with E-state index in [2.05, 4.69) is 0 Å². The standard InChI is InChI=1S/C15H23FN2O2S/c1-12-7-8-13(16)11-15(12)21(19,20)18(10-9-17)14-5-3-2-4-6-14/h7-8,11,14H,2-6,9-10,17H2,1H3. The molecular weight excluding hydrogens is 291 g/mol. The number of sulfonamides is 1. The summed E-state index contributed by atoms with van der Waals surface area (Å²) in [5, 5.41) is 0. The van der Waals surface area contributed by atoms with Crippen molar-refractivity contribution in [1.82, 2.24) is 4.31 Å². The molecule has 1 fully saturated rings. The molecule has 0 aromatic heterocycles. The van der Waals surface area contributed by atoms with Crippen LogP contribution in [0.25, 0.3) is 0 Å². The predicted octanol–water partition coefficient (Wildman–Crippen LogP) is 2.42.